The second-order valence-electron chi connectivity index (χ2n) is 16.4. The molecule has 3 heterocycles. The van der Waals surface area contributed by atoms with Gasteiger partial charge in [0.25, 0.3) is 0 Å². The predicted octanol–water partition coefficient (Wildman–Crippen LogP) is 13.5. The Labute approximate surface area is 410 Å². The Bertz CT molecular complexity index is 3360. The van der Waals surface area contributed by atoms with Gasteiger partial charge in [0.05, 0.1) is 22.3 Å². The lowest BCUT2D eigenvalue weighted by Crippen LogP contribution is -2.21. The number of allylic oxidation sites excluding steroid dienone is 2. The van der Waals surface area contributed by atoms with Crippen LogP contribution in [0.15, 0.2) is 157 Å². The molecule has 10 nitrogen and oxygen atoms in total. The zero-order valence-electron chi connectivity index (χ0n) is 39.2. The molecule has 0 spiro atoms. The fourth-order valence-electron chi connectivity index (χ4n) is 8.25. The van der Waals surface area contributed by atoms with Crippen LogP contribution in [-0.4, -0.2) is 26.4 Å². The Morgan fingerprint density at radius 2 is 1.16 bits per heavy atom. The van der Waals surface area contributed by atoms with E-state index < -0.39 is 11.3 Å². The molecule has 8 rings (SSSR count). The van der Waals surface area contributed by atoms with Crippen molar-refractivity contribution in [3.05, 3.63) is 203 Å². The second kappa shape index (κ2) is 22.0. The first-order valence-electron chi connectivity index (χ1n) is 23.0. The molecule has 0 saturated carbocycles. The number of aldehydes is 1. The maximum atomic E-state index is 13.1. The SMILES string of the molecule is CCC(NC)c1ccc2cc(/C=C/c3ccc(N(c4ccc(/C=C/c5cc6ccc(N(CC)CC)cc6oc5=O)cc4)c4ccc(/C=C(\C#N)c5ccc(/C=C(\C#N)C=O)s5)cc4)cc3)c(=O)oc2c1. The zero-order chi connectivity index (χ0) is 49.1. The molecule has 0 amide bonds. The number of anilines is 4. The van der Waals surface area contributed by atoms with Gasteiger partial charge in [-0.05, 0) is 153 Å². The van der Waals surface area contributed by atoms with E-state index in [1.54, 1.807) is 30.4 Å². The van der Waals surface area contributed by atoms with Crippen molar-refractivity contribution in [1.82, 2.24) is 5.32 Å². The average Bonchev–Trinajstić information content (AvgIpc) is 3.86. The van der Waals surface area contributed by atoms with Gasteiger partial charge in [-0.1, -0.05) is 67.6 Å². The van der Waals surface area contributed by atoms with Gasteiger partial charge in [0.1, 0.15) is 23.3 Å². The first-order valence-corrected chi connectivity index (χ1v) is 23.8. The molecule has 0 aliphatic carbocycles. The molecule has 11 heteroatoms. The van der Waals surface area contributed by atoms with E-state index in [4.69, 9.17) is 8.83 Å². The smallest absolute Gasteiger partial charge is 0.343 e. The number of nitrogens with zero attached hydrogens (tertiary/aromatic N) is 4. The summed E-state index contributed by atoms with van der Waals surface area (Å²) in [7, 11) is 1.92. The summed E-state index contributed by atoms with van der Waals surface area (Å²) in [5, 5.41) is 24.3. The van der Waals surface area contributed by atoms with Crippen molar-refractivity contribution in [2.45, 2.75) is 33.2 Å². The van der Waals surface area contributed by atoms with Crippen LogP contribution in [0.25, 0.3) is 64.0 Å². The minimum Gasteiger partial charge on any atom is -0.422 e. The molecular weight excluding hydrogens is 891 g/mol. The maximum Gasteiger partial charge on any atom is 0.343 e. The molecule has 0 fully saturated rings. The molecule has 1 atom stereocenters. The molecule has 0 aliphatic rings. The van der Waals surface area contributed by atoms with Crippen LogP contribution in [0.4, 0.5) is 22.7 Å². The van der Waals surface area contributed by atoms with Gasteiger partial charge in [-0.2, -0.15) is 10.5 Å². The van der Waals surface area contributed by atoms with E-state index in [9.17, 15) is 24.9 Å². The van der Waals surface area contributed by atoms with Gasteiger partial charge >= 0.3 is 11.3 Å². The lowest BCUT2D eigenvalue weighted by atomic mass is 10.0. The first kappa shape index (κ1) is 47.9. The lowest BCUT2D eigenvalue weighted by Gasteiger charge is -2.26. The highest BCUT2D eigenvalue weighted by Gasteiger charge is 2.15. The zero-order valence-corrected chi connectivity index (χ0v) is 40.0. The fourth-order valence-corrected chi connectivity index (χ4v) is 9.18. The van der Waals surface area contributed by atoms with Crippen molar-refractivity contribution >= 4 is 104 Å². The minimum absolute atomic E-state index is 0.00680. The summed E-state index contributed by atoms with van der Waals surface area (Å²) < 4.78 is 11.5. The van der Waals surface area contributed by atoms with E-state index in [2.05, 4.69) is 48.0 Å². The van der Waals surface area contributed by atoms with Crippen molar-refractivity contribution in [2.24, 2.45) is 0 Å². The Morgan fingerprint density at radius 3 is 1.66 bits per heavy atom. The number of hydrogen-bond acceptors (Lipinski definition) is 11. The quantitative estimate of drug-likeness (QED) is 0.0405. The molecule has 1 N–H and O–H groups in total. The number of hydrogen-bond donors (Lipinski definition) is 1. The number of rotatable bonds is 17. The van der Waals surface area contributed by atoms with Crippen LogP contribution in [0.2, 0.25) is 0 Å². The third-order valence-electron chi connectivity index (χ3n) is 12.1. The van der Waals surface area contributed by atoms with E-state index >= 15 is 0 Å². The van der Waals surface area contributed by atoms with E-state index in [-0.39, 0.29) is 11.6 Å². The largest absolute Gasteiger partial charge is 0.422 e. The highest BCUT2D eigenvalue weighted by Crippen LogP contribution is 2.36. The standard InChI is InChI=1S/C59H49N5O5S/c1-5-54(62-4)43-18-19-44-32-46(58(66)68-55(44)34-43)16-8-39-10-21-49(22-11-39)64(51-25-14-41(15-26-51)30-48(37-61)57-29-28-53(70-57)31-42(36-60)38-65)50-23-12-40(13-24-50)9-17-47-33-45-20-27-52(63(6-2)7-3)35-56(45)69-59(47)67/h8-35,38,54,62H,5-7H2,1-4H3/b16-8+,17-9+,42-31+,48-30+. The summed E-state index contributed by atoms with van der Waals surface area (Å²) in [4.78, 5) is 43.1. The van der Waals surface area contributed by atoms with Gasteiger partial charge < -0.3 is 24.0 Å². The van der Waals surface area contributed by atoms with Crippen molar-refractivity contribution < 1.29 is 13.6 Å². The number of benzene rings is 5. The molecule has 0 bridgehead atoms. The molecule has 0 saturated heterocycles. The summed E-state index contributed by atoms with van der Waals surface area (Å²) >= 11 is 1.32. The molecule has 1 unspecified atom stereocenters. The topological polar surface area (TPSA) is 144 Å². The molecule has 3 aromatic heterocycles. The third-order valence-corrected chi connectivity index (χ3v) is 13.1. The predicted molar refractivity (Wildman–Crippen MR) is 287 cm³/mol. The molecule has 346 valence electrons. The van der Waals surface area contributed by atoms with Crippen LogP contribution in [0.5, 0.6) is 0 Å². The van der Waals surface area contributed by atoms with Gasteiger partial charge in [-0.25, -0.2) is 9.59 Å². The van der Waals surface area contributed by atoms with Crippen LogP contribution < -0.4 is 26.4 Å². The van der Waals surface area contributed by atoms with Gasteiger partial charge in [0.15, 0.2) is 6.29 Å². The van der Waals surface area contributed by atoms with Crippen LogP contribution >= 0.6 is 11.3 Å². The van der Waals surface area contributed by atoms with Crippen LogP contribution in [0.1, 0.15) is 76.4 Å². The Balaban J connectivity index is 1.08. The number of nitriles is 2. The summed E-state index contributed by atoms with van der Waals surface area (Å²) in [6, 6.07) is 47.4. The minimum atomic E-state index is -0.411. The van der Waals surface area contributed by atoms with E-state index in [0.717, 1.165) is 75.3 Å². The monoisotopic (exact) mass is 939 g/mol. The van der Waals surface area contributed by atoms with Gasteiger partial charge in [0.2, 0.25) is 0 Å². The number of carbonyl (C=O) groups excluding carboxylic acids is 1. The molecule has 0 radical (unpaired) electrons. The summed E-state index contributed by atoms with van der Waals surface area (Å²) in [6.07, 6.45) is 12.1. The lowest BCUT2D eigenvalue weighted by molar-refractivity contribution is -0.104. The number of nitrogens with one attached hydrogen (secondary N) is 1. The maximum absolute atomic E-state index is 13.1. The van der Waals surface area contributed by atoms with Gasteiger partial charge in [-0.3, -0.25) is 4.79 Å². The van der Waals surface area contributed by atoms with Gasteiger partial charge in [-0.15, -0.1) is 11.3 Å². The fraction of sp³-hybridized carbons (Fsp3) is 0.136. The summed E-state index contributed by atoms with van der Waals surface area (Å²) in [6.45, 7) is 8.00. The van der Waals surface area contributed by atoms with Crippen LogP contribution in [-0.2, 0) is 4.79 Å². The molecule has 8 aromatic rings. The van der Waals surface area contributed by atoms with Crippen molar-refractivity contribution in [3.63, 3.8) is 0 Å². The Hall–Kier alpha value is -8.61. The molecule has 0 aliphatic heterocycles. The van der Waals surface area contributed by atoms with E-state index in [1.807, 2.05) is 141 Å². The van der Waals surface area contributed by atoms with E-state index in [1.165, 1.54) is 17.4 Å². The Morgan fingerprint density at radius 1 is 0.629 bits per heavy atom. The van der Waals surface area contributed by atoms with Gasteiger partial charge in [0, 0.05) is 68.5 Å². The van der Waals surface area contributed by atoms with Crippen molar-refractivity contribution in [2.75, 3.05) is 29.9 Å². The van der Waals surface area contributed by atoms with E-state index in [0.29, 0.717) is 43.9 Å². The number of fused-ring (bicyclic) bond motifs is 2. The average molecular weight is 940 g/mol. The first-order chi connectivity index (χ1) is 34.1. The molecule has 5 aromatic carbocycles. The number of carbonyl (C=O) groups is 1. The Kier molecular flexibility index (Phi) is 15.0. The normalized spacial score (nSPS) is 12.4. The number of thiophene rings is 1. The van der Waals surface area contributed by atoms with Crippen molar-refractivity contribution in [1.29, 1.82) is 10.5 Å². The molecular formula is C59H49N5O5S. The summed E-state index contributed by atoms with van der Waals surface area (Å²) in [5.41, 5.74) is 8.88. The summed E-state index contributed by atoms with van der Waals surface area (Å²) in [5.74, 6) is 0. The van der Waals surface area contributed by atoms with Crippen molar-refractivity contribution in [3.8, 4) is 12.1 Å². The van der Waals surface area contributed by atoms with Crippen LogP contribution in [0, 0.1) is 22.7 Å². The second-order valence-corrected chi connectivity index (χ2v) is 17.5. The molecule has 70 heavy (non-hydrogen) atoms. The highest BCUT2D eigenvalue weighted by molar-refractivity contribution is 7.14. The third kappa shape index (κ3) is 10.9. The van der Waals surface area contributed by atoms with Crippen LogP contribution in [0.3, 0.4) is 0 Å². The highest BCUT2D eigenvalue weighted by atomic mass is 32.1.